The zero-order valence-electron chi connectivity index (χ0n) is 5.40. The van der Waals surface area contributed by atoms with E-state index in [4.69, 9.17) is 10.2 Å². The molecular weight excluding hydrogens is 140 g/mol. The highest BCUT2D eigenvalue weighted by molar-refractivity contribution is 5.73. The van der Waals surface area contributed by atoms with E-state index >= 15 is 0 Å². The van der Waals surface area contributed by atoms with E-state index in [-0.39, 0.29) is 0 Å². The molecule has 0 spiro atoms. The lowest BCUT2D eigenvalue weighted by molar-refractivity contribution is -0.154. The van der Waals surface area contributed by atoms with Crippen LogP contribution in [0.4, 0.5) is 0 Å². The van der Waals surface area contributed by atoms with E-state index in [1.807, 2.05) is 0 Å². The number of ether oxygens (including phenoxy) is 1. The van der Waals surface area contributed by atoms with Crippen molar-refractivity contribution in [3.63, 3.8) is 0 Å². The first-order chi connectivity index (χ1) is 4.54. The number of aliphatic hydroxyl groups is 1. The normalized spacial score (nSPS) is 12.2. The van der Waals surface area contributed by atoms with Gasteiger partial charge in [-0.2, -0.15) is 0 Å². The van der Waals surface area contributed by atoms with Gasteiger partial charge in [-0.15, -0.1) is 0 Å². The first-order valence-corrected chi connectivity index (χ1v) is 2.58. The highest BCUT2D eigenvalue weighted by Crippen LogP contribution is 1.85. The third kappa shape index (κ3) is 3.85. The van der Waals surface area contributed by atoms with Gasteiger partial charge in [-0.3, -0.25) is 4.79 Å². The van der Waals surface area contributed by atoms with Crippen LogP contribution in [0, 0.1) is 0 Å². The molecule has 0 fully saturated rings. The molecule has 0 aromatic rings. The molecule has 0 aromatic carbocycles. The second kappa shape index (κ2) is 3.84. The summed E-state index contributed by atoms with van der Waals surface area (Å²) in [6, 6.07) is 0. The molecule has 0 aromatic heterocycles. The van der Waals surface area contributed by atoms with Gasteiger partial charge in [0.15, 0.2) is 6.10 Å². The number of carboxylic acid groups (broad SMARTS) is 1. The van der Waals surface area contributed by atoms with Crippen molar-refractivity contribution < 1.29 is 24.5 Å². The molecule has 2 N–H and O–H groups in total. The molecule has 10 heavy (non-hydrogen) atoms. The van der Waals surface area contributed by atoms with Crippen molar-refractivity contribution in [2.24, 2.45) is 0 Å². The van der Waals surface area contributed by atoms with Crippen LogP contribution in [0.5, 0.6) is 0 Å². The predicted molar refractivity (Wildman–Crippen MR) is 30.3 cm³/mol. The van der Waals surface area contributed by atoms with Crippen LogP contribution in [0.1, 0.15) is 6.92 Å². The van der Waals surface area contributed by atoms with Crippen molar-refractivity contribution in [2.45, 2.75) is 13.0 Å². The Labute approximate surface area is 57.2 Å². The summed E-state index contributed by atoms with van der Waals surface area (Å²) in [5.74, 6) is -2.01. The second-order valence-corrected chi connectivity index (χ2v) is 1.66. The Bertz CT molecular complexity index is 141. The molecule has 0 heterocycles. The van der Waals surface area contributed by atoms with Gasteiger partial charge in [0.25, 0.3) is 0 Å². The van der Waals surface area contributed by atoms with E-state index in [2.05, 4.69) is 4.74 Å². The molecule has 58 valence electrons. The molecule has 0 saturated heterocycles. The SMILES string of the molecule is CC(=O)OCC(O)C(=O)O. The van der Waals surface area contributed by atoms with Crippen LogP contribution >= 0.6 is 0 Å². The minimum Gasteiger partial charge on any atom is -0.479 e. The van der Waals surface area contributed by atoms with Crippen molar-refractivity contribution in [2.75, 3.05) is 6.61 Å². The Morgan fingerprint density at radius 2 is 2.10 bits per heavy atom. The number of carboxylic acids is 1. The van der Waals surface area contributed by atoms with Gasteiger partial charge in [0.1, 0.15) is 6.61 Å². The number of hydrogen-bond acceptors (Lipinski definition) is 4. The van der Waals surface area contributed by atoms with E-state index in [9.17, 15) is 9.59 Å². The Kier molecular flexibility index (Phi) is 3.42. The maximum Gasteiger partial charge on any atom is 0.336 e. The Hall–Kier alpha value is -1.10. The summed E-state index contributed by atoms with van der Waals surface area (Å²) in [5.41, 5.74) is 0. The van der Waals surface area contributed by atoms with Crippen LogP contribution in [0.25, 0.3) is 0 Å². The Balaban J connectivity index is 3.49. The summed E-state index contributed by atoms with van der Waals surface area (Å²) in [7, 11) is 0. The van der Waals surface area contributed by atoms with Gasteiger partial charge in [-0.05, 0) is 0 Å². The summed E-state index contributed by atoms with van der Waals surface area (Å²) in [4.78, 5) is 19.9. The summed E-state index contributed by atoms with van der Waals surface area (Å²) in [6.45, 7) is 0.638. The largest absolute Gasteiger partial charge is 0.479 e. The quantitative estimate of drug-likeness (QED) is 0.501. The monoisotopic (exact) mass is 148 g/mol. The van der Waals surface area contributed by atoms with Crippen molar-refractivity contribution in [3.8, 4) is 0 Å². The van der Waals surface area contributed by atoms with Crippen molar-refractivity contribution in [3.05, 3.63) is 0 Å². The lowest BCUT2D eigenvalue weighted by atomic mass is 10.4. The highest BCUT2D eigenvalue weighted by atomic mass is 16.5. The molecule has 0 aliphatic carbocycles. The van der Waals surface area contributed by atoms with Gasteiger partial charge < -0.3 is 14.9 Å². The third-order valence-electron chi connectivity index (χ3n) is 0.730. The maximum atomic E-state index is 10.0. The van der Waals surface area contributed by atoms with E-state index < -0.39 is 24.6 Å². The third-order valence-corrected chi connectivity index (χ3v) is 0.730. The summed E-state index contributed by atoms with van der Waals surface area (Å²) in [5, 5.41) is 16.6. The number of rotatable bonds is 3. The molecule has 5 nitrogen and oxygen atoms in total. The maximum absolute atomic E-state index is 10.0. The van der Waals surface area contributed by atoms with E-state index in [1.54, 1.807) is 0 Å². The fraction of sp³-hybridized carbons (Fsp3) is 0.600. The lowest BCUT2D eigenvalue weighted by Gasteiger charge is -2.03. The summed E-state index contributed by atoms with van der Waals surface area (Å²) < 4.78 is 4.20. The van der Waals surface area contributed by atoms with E-state index in [1.165, 1.54) is 0 Å². The number of carbonyl (C=O) groups is 2. The molecule has 0 aliphatic heterocycles. The molecule has 0 radical (unpaired) electrons. The minimum absolute atomic E-state index is 0.495. The van der Waals surface area contributed by atoms with Gasteiger partial charge in [0.05, 0.1) is 0 Å². The zero-order valence-corrected chi connectivity index (χ0v) is 5.40. The molecule has 1 atom stereocenters. The van der Waals surface area contributed by atoms with Crippen LogP contribution in [0.3, 0.4) is 0 Å². The first kappa shape index (κ1) is 8.90. The predicted octanol–water partition coefficient (Wildman–Crippen LogP) is -1.01. The van der Waals surface area contributed by atoms with Gasteiger partial charge in [-0.25, -0.2) is 4.79 Å². The number of carbonyl (C=O) groups excluding carboxylic acids is 1. The van der Waals surface area contributed by atoms with Gasteiger partial charge in [-0.1, -0.05) is 0 Å². The van der Waals surface area contributed by atoms with Gasteiger partial charge in [0, 0.05) is 6.92 Å². The Morgan fingerprint density at radius 1 is 1.60 bits per heavy atom. The number of aliphatic hydroxyl groups excluding tert-OH is 1. The smallest absolute Gasteiger partial charge is 0.336 e. The summed E-state index contributed by atoms with van der Waals surface area (Å²) in [6.07, 6.45) is -1.62. The number of aliphatic carboxylic acids is 1. The van der Waals surface area contributed by atoms with Crippen LogP contribution in [0.2, 0.25) is 0 Å². The van der Waals surface area contributed by atoms with E-state index in [0.29, 0.717) is 0 Å². The van der Waals surface area contributed by atoms with Gasteiger partial charge >= 0.3 is 11.9 Å². The molecular formula is C5H8O5. The van der Waals surface area contributed by atoms with Crippen LogP contribution < -0.4 is 0 Å². The van der Waals surface area contributed by atoms with Crippen molar-refractivity contribution >= 4 is 11.9 Å². The molecule has 5 heteroatoms. The zero-order chi connectivity index (χ0) is 8.15. The topological polar surface area (TPSA) is 83.8 Å². The molecule has 0 bridgehead atoms. The molecule has 0 saturated carbocycles. The number of esters is 1. The fourth-order valence-corrected chi connectivity index (χ4v) is 0.268. The average molecular weight is 148 g/mol. The minimum atomic E-state index is -1.62. The molecule has 0 aliphatic rings. The van der Waals surface area contributed by atoms with Crippen LogP contribution in [-0.4, -0.2) is 34.9 Å². The standard InChI is InChI=1S/C5H8O5/c1-3(6)10-2-4(7)5(8)9/h4,7H,2H2,1H3,(H,8,9). The van der Waals surface area contributed by atoms with Crippen molar-refractivity contribution in [1.82, 2.24) is 0 Å². The van der Waals surface area contributed by atoms with Crippen molar-refractivity contribution in [1.29, 1.82) is 0 Å². The number of hydrogen-bond donors (Lipinski definition) is 2. The second-order valence-electron chi connectivity index (χ2n) is 1.66. The molecule has 0 rings (SSSR count). The first-order valence-electron chi connectivity index (χ1n) is 2.58. The molecule has 1 unspecified atom stereocenters. The van der Waals surface area contributed by atoms with Crippen LogP contribution in [-0.2, 0) is 14.3 Å². The van der Waals surface area contributed by atoms with Crippen LogP contribution in [0.15, 0.2) is 0 Å². The van der Waals surface area contributed by atoms with E-state index in [0.717, 1.165) is 6.92 Å². The fourth-order valence-electron chi connectivity index (χ4n) is 0.268. The Morgan fingerprint density at radius 3 is 2.40 bits per heavy atom. The lowest BCUT2D eigenvalue weighted by Crippen LogP contribution is -2.26. The van der Waals surface area contributed by atoms with Gasteiger partial charge in [0.2, 0.25) is 0 Å². The summed E-state index contributed by atoms with van der Waals surface area (Å²) >= 11 is 0. The highest BCUT2D eigenvalue weighted by Gasteiger charge is 2.13. The average Bonchev–Trinajstić information content (AvgIpc) is 1.82. The molecule has 0 amide bonds.